The number of aromatic nitrogens is 1. The molecule has 0 bridgehead atoms. The molecule has 0 aliphatic carbocycles. The quantitative estimate of drug-likeness (QED) is 0.534. The molecule has 0 aliphatic heterocycles. The number of carbonyl (C=O) groups is 1. The molecule has 0 radical (unpaired) electrons. The first-order valence-electron chi connectivity index (χ1n) is 8.53. The summed E-state index contributed by atoms with van der Waals surface area (Å²) >= 11 is 0. The Labute approximate surface area is 155 Å². The summed E-state index contributed by atoms with van der Waals surface area (Å²) in [5.74, 6) is 0.569. The molecular formula is C20H27BrN2O. The number of hydrogen-bond donors (Lipinski definition) is 1. The molecule has 1 amide bonds. The summed E-state index contributed by atoms with van der Waals surface area (Å²) in [6.45, 7) is 5.32. The van der Waals surface area contributed by atoms with Crippen LogP contribution < -0.4 is 26.9 Å². The molecule has 0 saturated carbocycles. The minimum absolute atomic E-state index is 0. The van der Waals surface area contributed by atoms with Crippen molar-refractivity contribution in [3.05, 3.63) is 60.4 Å². The van der Waals surface area contributed by atoms with Crippen molar-refractivity contribution in [1.82, 2.24) is 0 Å². The van der Waals surface area contributed by atoms with Gasteiger partial charge in [0, 0.05) is 30.7 Å². The van der Waals surface area contributed by atoms with Crippen LogP contribution in [0.2, 0.25) is 0 Å². The van der Waals surface area contributed by atoms with Gasteiger partial charge in [0.2, 0.25) is 5.91 Å². The number of pyridine rings is 1. The fraction of sp³-hybridized carbons (Fsp3) is 0.400. The molecule has 1 heterocycles. The third-order valence-corrected chi connectivity index (χ3v) is 4.23. The molecule has 3 nitrogen and oxygen atoms in total. The van der Waals surface area contributed by atoms with Gasteiger partial charge in [0.25, 0.3) is 0 Å². The highest BCUT2D eigenvalue weighted by Crippen LogP contribution is 2.26. The van der Waals surface area contributed by atoms with Gasteiger partial charge in [-0.1, -0.05) is 38.1 Å². The maximum absolute atomic E-state index is 12.2. The summed E-state index contributed by atoms with van der Waals surface area (Å²) in [6, 6.07) is 14.2. The summed E-state index contributed by atoms with van der Waals surface area (Å²) in [5.41, 5.74) is 2.19. The van der Waals surface area contributed by atoms with Crippen molar-refractivity contribution < 1.29 is 26.3 Å². The topological polar surface area (TPSA) is 33.0 Å². The molecule has 4 heteroatoms. The molecule has 1 N–H and O–H groups in total. The standard InChI is InChI=1S/C20H26N2O.BrH/c1-3-17(2)18-11-5-6-12-19(18)21-20(23)13-7-10-16-22-14-8-4-9-15-22;/h4-6,8-9,11-12,14-15,17H,3,7,10,13,16H2,1-2H3;1H. The summed E-state index contributed by atoms with van der Waals surface area (Å²) in [6.07, 6.45) is 7.67. The highest BCUT2D eigenvalue weighted by Gasteiger charge is 2.11. The number of carbonyl (C=O) groups excluding carboxylic acids is 1. The molecule has 1 unspecified atom stereocenters. The van der Waals surface area contributed by atoms with Gasteiger partial charge in [-0.3, -0.25) is 4.79 Å². The van der Waals surface area contributed by atoms with Crippen molar-refractivity contribution in [3.8, 4) is 0 Å². The van der Waals surface area contributed by atoms with E-state index in [2.05, 4.69) is 42.2 Å². The molecule has 0 saturated heterocycles. The molecule has 130 valence electrons. The van der Waals surface area contributed by atoms with E-state index in [4.69, 9.17) is 0 Å². The van der Waals surface area contributed by atoms with Crippen LogP contribution in [-0.4, -0.2) is 5.91 Å². The number of para-hydroxylation sites is 1. The number of nitrogens with one attached hydrogen (secondary N) is 1. The lowest BCUT2D eigenvalue weighted by Crippen LogP contribution is -3.00. The third-order valence-electron chi connectivity index (χ3n) is 4.23. The summed E-state index contributed by atoms with van der Waals surface area (Å²) in [4.78, 5) is 12.2. The van der Waals surface area contributed by atoms with Gasteiger partial charge in [0.1, 0.15) is 6.54 Å². The smallest absolute Gasteiger partial charge is 0.224 e. The highest BCUT2D eigenvalue weighted by molar-refractivity contribution is 5.91. The van der Waals surface area contributed by atoms with Crippen LogP contribution in [0.5, 0.6) is 0 Å². The Balaban J connectivity index is 0.00000288. The van der Waals surface area contributed by atoms with Crippen LogP contribution in [-0.2, 0) is 11.3 Å². The van der Waals surface area contributed by atoms with Crippen molar-refractivity contribution >= 4 is 11.6 Å². The minimum atomic E-state index is 0. The van der Waals surface area contributed by atoms with Crippen LogP contribution in [0.3, 0.4) is 0 Å². The Morgan fingerprint density at radius 3 is 2.50 bits per heavy atom. The Morgan fingerprint density at radius 1 is 1.08 bits per heavy atom. The van der Waals surface area contributed by atoms with Gasteiger partial charge in [-0.2, -0.15) is 0 Å². The van der Waals surface area contributed by atoms with Gasteiger partial charge in [-0.05, 0) is 30.4 Å². The number of halogens is 1. The predicted octanol–water partition coefficient (Wildman–Crippen LogP) is 1.30. The first-order valence-corrected chi connectivity index (χ1v) is 8.53. The number of aryl methyl sites for hydroxylation is 1. The second-order valence-electron chi connectivity index (χ2n) is 6.02. The first-order chi connectivity index (χ1) is 11.2. The fourth-order valence-corrected chi connectivity index (χ4v) is 2.64. The van der Waals surface area contributed by atoms with E-state index in [0.717, 1.165) is 31.5 Å². The number of rotatable bonds is 8. The maximum Gasteiger partial charge on any atom is 0.224 e. The normalized spacial score (nSPS) is 11.4. The lowest BCUT2D eigenvalue weighted by atomic mass is 9.97. The lowest BCUT2D eigenvalue weighted by molar-refractivity contribution is -0.697. The molecule has 2 aromatic rings. The Bertz CT molecular complexity index is 616. The number of anilines is 1. The van der Waals surface area contributed by atoms with Crippen LogP contribution >= 0.6 is 0 Å². The summed E-state index contributed by atoms with van der Waals surface area (Å²) in [5, 5.41) is 3.08. The van der Waals surface area contributed by atoms with E-state index < -0.39 is 0 Å². The molecule has 0 aliphatic rings. The second-order valence-corrected chi connectivity index (χ2v) is 6.02. The zero-order chi connectivity index (χ0) is 16.5. The number of benzene rings is 1. The van der Waals surface area contributed by atoms with Gasteiger partial charge >= 0.3 is 0 Å². The predicted molar refractivity (Wildman–Crippen MR) is 94.3 cm³/mol. The number of nitrogens with zero attached hydrogens (tertiary/aromatic N) is 1. The van der Waals surface area contributed by atoms with Crippen LogP contribution in [0, 0.1) is 0 Å². The molecule has 0 spiro atoms. The molecule has 1 atom stereocenters. The van der Waals surface area contributed by atoms with Crippen molar-refractivity contribution in [3.63, 3.8) is 0 Å². The van der Waals surface area contributed by atoms with Crippen molar-refractivity contribution in [2.45, 2.75) is 52.0 Å². The van der Waals surface area contributed by atoms with E-state index >= 15 is 0 Å². The zero-order valence-electron chi connectivity index (χ0n) is 14.5. The van der Waals surface area contributed by atoms with Gasteiger partial charge < -0.3 is 22.3 Å². The highest BCUT2D eigenvalue weighted by atomic mass is 79.9. The van der Waals surface area contributed by atoms with E-state index in [1.54, 1.807) is 0 Å². The summed E-state index contributed by atoms with van der Waals surface area (Å²) < 4.78 is 2.15. The monoisotopic (exact) mass is 390 g/mol. The average molecular weight is 391 g/mol. The van der Waals surface area contributed by atoms with E-state index in [1.807, 2.05) is 36.4 Å². The van der Waals surface area contributed by atoms with Crippen LogP contribution in [0.1, 0.15) is 51.0 Å². The van der Waals surface area contributed by atoms with E-state index in [-0.39, 0.29) is 22.9 Å². The maximum atomic E-state index is 12.2. The van der Waals surface area contributed by atoms with Gasteiger partial charge in [-0.15, -0.1) is 0 Å². The fourth-order valence-electron chi connectivity index (χ4n) is 2.64. The SMILES string of the molecule is CCC(C)c1ccccc1NC(=O)CCCC[n+]1ccccc1.[Br-]. The Hall–Kier alpha value is -1.68. The summed E-state index contributed by atoms with van der Waals surface area (Å²) in [7, 11) is 0. The Morgan fingerprint density at radius 2 is 1.79 bits per heavy atom. The van der Waals surface area contributed by atoms with Gasteiger partial charge in [0.05, 0.1) is 0 Å². The molecule has 24 heavy (non-hydrogen) atoms. The average Bonchev–Trinajstić information content (AvgIpc) is 2.59. The molecule has 1 aromatic heterocycles. The minimum Gasteiger partial charge on any atom is -1.00 e. The van der Waals surface area contributed by atoms with Crippen molar-refractivity contribution in [1.29, 1.82) is 0 Å². The van der Waals surface area contributed by atoms with E-state index in [1.165, 1.54) is 5.56 Å². The van der Waals surface area contributed by atoms with E-state index in [0.29, 0.717) is 12.3 Å². The molecule has 2 rings (SSSR count). The third kappa shape index (κ3) is 6.44. The zero-order valence-corrected chi connectivity index (χ0v) is 16.1. The van der Waals surface area contributed by atoms with Crippen LogP contribution in [0.4, 0.5) is 5.69 Å². The van der Waals surface area contributed by atoms with Gasteiger partial charge in [0.15, 0.2) is 12.4 Å². The van der Waals surface area contributed by atoms with Crippen molar-refractivity contribution in [2.24, 2.45) is 0 Å². The largest absolute Gasteiger partial charge is 1.00 e. The molecule has 0 fully saturated rings. The van der Waals surface area contributed by atoms with Gasteiger partial charge in [-0.25, -0.2) is 4.57 Å². The van der Waals surface area contributed by atoms with E-state index in [9.17, 15) is 4.79 Å². The molecule has 1 aromatic carbocycles. The second kappa shape index (κ2) is 11.0. The van der Waals surface area contributed by atoms with Crippen LogP contribution in [0.25, 0.3) is 0 Å². The number of unbranched alkanes of at least 4 members (excludes halogenated alkanes) is 1. The first kappa shape index (κ1) is 20.4. The number of hydrogen-bond acceptors (Lipinski definition) is 1. The number of amides is 1. The lowest BCUT2D eigenvalue weighted by Gasteiger charge is -2.15. The Kier molecular flexibility index (Phi) is 9.31. The van der Waals surface area contributed by atoms with Crippen LogP contribution in [0.15, 0.2) is 54.9 Å². The molecular weight excluding hydrogens is 364 g/mol. The van der Waals surface area contributed by atoms with Crippen molar-refractivity contribution in [2.75, 3.05) is 5.32 Å².